The van der Waals surface area contributed by atoms with E-state index in [4.69, 9.17) is 11.6 Å². The summed E-state index contributed by atoms with van der Waals surface area (Å²) in [5.74, 6) is 0.665. The number of aromatic nitrogens is 1. The second-order valence-electron chi connectivity index (χ2n) is 7.04. The molecule has 8 heteroatoms. The molecule has 3 aromatic rings. The highest BCUT2D eigenvalue weighted by Gasteiger charge is 2.22. The van der Waals surface area contributed by atoms with E-state index in [-0.39, 0.29) is 11.7 Å². The number of anilines is 1. The number of hydrogen-bond donors (Lipinski definition) is 0. The lowest BCUT2D eigenvalue weighted by Gasteiger charge is -2.36. The van der Waals surface area contributed by atoms with Crippen molar-refractivity contribution >= 4 is 46.3 Å². The summed E-state index contributed by atoms with van der Waals surface area (Å²) in [4.78, 5) is 21.4. The molecule has 1 amide bonds. The number of nitrogens with zero attached hydrogens (tertiary/aromatic N) is 3. The Bertz CT molecular complexity index is 1000. The molecule has 4 rings (SSSR count). The van der Waals surface area contributed by atoms with Gasteiger partial charge in [-0.25, -0.2) is 9.37 Å². The number of rotatable bonds is 6. The van der Waals surface area contributed by atoms with Gasteiger partial charge in [0.1, 0.15) is 10.2 Å². The van der Waals surface area contributed by atoms with Crippen molar-refractivity contribution < 1.29 is 9.18 Å². The highest BCUT2D eigenvalue weighted by Crippen LogP contribution is 2.27. The van der Waals surface area contributed by atoms with Crippen LogP contribution in [0.4, 0.5) is 10.1 Å². The molecule has 1 aliphatic rings. The number of piperazine rings is 1. The fourth-order valence-electron chi connectivity index (χ4n) is 3.34. The summed E-state index contributed by atoms with van der Waals surface area (Å²) < 4.78 is 14.1. The van der Waals surface area contributed by atoms with Crippen molar-refractivity contribution in [3.05, 3.63) is 76.0 Å². The maximum absolute atomic E-state index is 13.1. The van der Waals surface area contributed by atoms with E-state index in [1.165, 1.54) is 12.1 Å². The van der Waals surface area contributed by atoms with Gasteiger partial charge in [-0.2, -0.15) is 0 Å². The summed E-state index contributed by atoms with van der Waals surface area (Å²) >= 11 is 9.25. The molecule has 0 atom stereocenters. The van der Waals surface area contributed by atoms with Crippen LogP contribution in [0.25, 0.3) is 0 Å². The zero-order chi connectivity index (χ0) is 20.9. The van der Waals surface area contributed by atoms with Gasteiger partial charge in [0.05, 0.1) is 12.1 Å². The zero-order valence-corrected chi connectivity index (χ0v) is 18.7. The number of amides is 1. The van der Waals surface area contributed by atoms with Gasteiger partial charge in [-0.3, -0.25) is 4.79 Å². The molecule has 2 aromatic carbocycles. The second kappa shape index (κ2) is 9.81. The molecule has 2 heterocycles. The van der Waals surface area contributed by atoms with Crippen LogP contribution < -0.4 is 4.90 Å². The molecular weight excluding hydrogens is 441 g/mol. The number of halogens is 2. The molecule has 1 aromatic heterocycles. The van der Waals surface area contributed by atoms with E-state index in [1.807, 2.05) is 34.5 Å². The number of hydrogen-bond acceptors (Lipinski definition) is 5. The first-order valence-corrected chi connectivity index (χ1v) is 11.9. The predicted molar refractivity (Wildman–Crippen MR) is 122 cm³/mol. The summed E-state index contributed by atoms with van der Waals surface area (Å²) in [6, 6.07) is 14.3. The Labute approximate surface area is 188 Å². The van der Waals surface area contributed by atoms with Crippen LogP contribution in [-0.2, 0) is 17.0 Å². The van der Waals surface area contributed by atoms with Crippen LogP contribution in [0, 0.1) is 5.82 Å². The van der Waals surface area contributed by atoms with Crippen molar-refractivity contribution in [3.8, 4) is 0 Å². The van der Waals surface area contributed by atoms with E-state index < -0.39 is 0 Å². The quantitative estimate of drug-likeness (QED) is 0.477. The Balaban J connectivity index is 1.26. The molecule has 0 aliphatic carbocycles. The summed E-state index contributed by atoms with van der Waals surface area (Å²) in [7, 11) is 0. The number of carbonyl (C=O) groups excluding carboxylic acids is 1. The van der Waals surface area contributed by atoms with E-state index in [0.29, 0.717) is 19.5 Å². The molecule has 4 nitrogen and oxygen atoms in total. The molecule has 156 valence electrons. The van der Waals surface area contributed by atoms with Gasteiger partial charge < -0.3 is 9.80 Å². The highest BCUT2D eigenvalue weighted by molar-refractivity contribution is 8.00. The van der Waals surface area contributed by atoms with Crippen molar-refractivity contribution in [1.82, 2.24) is 9.88 Å². The molecule has 30 heavy (non-hydrogen) atoms. The van der Waals surface area contributed by atoms with Crippen LogP contribution in [0.3, 0.4) is 0 Å². The van der Waals surface area contributed by atoms with Gasteiger partial charge in [0.2, 0.25) is 5.91 Å². The fourth-order valence-corrected chi connectivity index (χ4v) is 5.34. The van der Waals surface area contributed by atoms with Crippen LogP contribution in [0.15, 0.2) is 58.3 Å². The Morgan fingerprint density at radius 2 is 1.90 bits per heavy atom. The second-order valence-corrected chi connectivity index (χ2v) is 9.56. The molecule has 0 N–H and O–H groups in total. The Morgan fingerprint density at radius 1 is 1.13 bits per heavy atom. The number of thioether (sulfide) groups is 1. The van der Waals surface area contributed by atoms with Crippen molar-refractivity contribution in [2.24, 2.45) is 0 Å². The van der Waals surface area contributed by atoms with E-state index >= 15 is 0 Å². The molecular formula is C22H21ClFN3OS2. The Hall–Kier alpha value is -2.09. The van der Waals surface area contributed by atoms with Gasteiger partial charge in [0.15, 0.2) is 0 Å². The molecule has 1 aliphatic heterocycles. The number of thiazole rings is 1. The summed E-state index contributed by atoms with van der Waals surface area (Å²) in [6.45, 7) is 2.82. The normalized spacial score (nSPS) is 14.2. The van der Waals surface area contributed by atoms with Crippen LogP contribution in [-0.4, -0.2) is 42.0 Å². The van der Waals surface area contributed by atoms with Crippen LogP contribution in [0.5, 0.6) is 0 Å². The zero-order valence-electron chi connectivity index (χ0n) is 16.3. The Kier molecular flexibility index (Phi) is 6.92. The summed E-state index contributed by atoms with van der Waals surface area (Å²) in [5, 5.41) is 2.70. The first kappa shape index (κ1) is 21.2. The molecule has 1 fully saturated rings. The highest BCUT2D eigenvalue weighted by atomic mass is 35.5. The Morgan fingerprint density at radius 3 is 2.63 bits per heavy atom. The number of benzene rings is 2. The molecule has 0 radical (unpaired) electrons. The lowest BCUT2D eigenvalue weighted by molar-refractivity contribution is -0.130. The van der Waals surface area contributed by atoms with Gasteiger partial charge in [-0.15, -0.1) is 11.3 Å². The fraction of sp³-hybridized carbons (Fsp3) is 0.273. The van der Waals surface area contributed by atoms with Crippen molar-refractivity contribution in [2.45, 2.75) is 16.5 Å². The topological polar surface area (TPSA) is 36.4 Å². The van der Waals surface area contributed by atoms with Crippen LogP contribution in [0.1, 0.15) is 11.3 Å². The molecule has 0 spiro atoms. The van der Waals surface area contributed by atoms with Crippen molar-refractivity contribution in [2.75, 3.05) is 31.1 Å². The van der Waals surface area contributed by atoms with Crippen molar-refractivity contribution in [3.63, 3.8) is 0 Å². The first-order valence-electron chi connectivity index (χ1n) is 9.67. The van der Waals surface area contributed by atoms with E-state index in [2.05, 4.69) is 9.88 Å². The standard InChI is InChI=1S/C22H21ClFN3OS2/c23-17-3-1-2-16(12-17)14-29-22-25-19(15-30-22)13-21(28)27-10-8-26(9-11-27)20-6-4-18(24)5-7-20/h1-7,12,15H,8-11,13-14H2. The average Bonchev–Trinajstić information content (AvgIpc) is 3.20. The first-order chi connectivity index (χ1) is 14.6. The third-order valence-electron chi connectivity index (χ3n) is 4.94. The van der Waals surface area contributed by atoms with Gasteiger partial charge in [-0.1, -0.05) is 35.5 Å². The SMILES string of the molecule is O=C(Cc1csc(SCc2cccc(Cl)c2)n1)N1CCN(c2ccc(F)cc2)CC1. The van der Waals surface area contributed by atoms with Gasteiger partial charge in [0.25, 0.3) is 0 Å². The van der Waals surface area contributed by atoms with E-state index in [9.17, 15) is 9.18 Å². The lowest BCUT2D eigenvalue weighted by atomic mass is 10.2. The van der Waals surface area contributed by atoms with Crippen molar-refractivity contribution in [1.29, 1.82) is 0 Å². The van der Waals surface area contributed by atoms with E-state index in [0.717, 1.165) is 45.1 Å². The maximum Gasteiger partial charge on any atom is 0.228 e. The van der Waals surface area contributed by atoms with Gasteiger partial charge in [0, 0.05) is 48.0 Å². The van der Waals surface area contributed by atoms with Gasteiger partial charge >= 0.3 is 0 Å². The predicted octanol–water partition coefficient (Wildman–Crippen LogP) is 5.12. The van der Waals surface area contributed by atoms with Crippen LogP contribution in [0.2, 0.25) is 5.02 Å². The molecule has 0 bridgehead atoms. The smallest absolute Gasteiger partial charge is 0.228 e. The minimum absolute atomic E-state index is 0.102. The van der Waals surface area contributed by atoms with Crippen LogP contribution >= 0.6 is 34.7 Å². The monoisotopic (exact) mass is 461 g/mol. The third kappa shape index (κ3) is 5.53. The van der Waals surface area contributed by atoms with E-state index in [1.54, 1.807) is 35.2 Å². The summed E-state index contributed by atoms with van der Waals surface area (Å²) in [5.41, 5.74) is 2.96. The minimum Gasteiger partial charge on any atom is -0.368 e. The molecule has 1 saturated heterocycles. The summed E-state index contributed by atoms with van der Waals surface area (Å²) in [6.07, 6.45) is 0.324. The molecule has 0 unspecified atom stereocenters. The molecule has 0 saturated carbocycles. The van der Waals surface area contributed by atoms with Gasteiger partial charge in [-0.05, 0) is 42.0 Å². The number of carbonyl (C=O) groups is 1. The maximum atomic E-state index is 13.1. The average molecular weight is 462 g/mol. The minimum atomic E-state index is -0.235. The largest absolute Gasteiger partial charge is 0.368 e. The lowest BCUT2D eigenvalue weighted by Crippen LogP contribution is -2.49. The third-order valence-corrected chi connectivity index (χ3v) is 7.31.